The number of amides is 1. The molecule has 0 radical (unpaired) electrons. The van der Waals surface area contributed by atoms with Crippen LogP contribution in [0.5, 0.6) is 0 Å². The van der Waals surface area contributed by atoms with E-state index >= 15 is 0 Å². The lowest BCUT2D eigenvalue weighted by Crippen LogP contribution is -2.62. The fourth-order valence-corrected chi connectivity index (χ4v) is 4.93. The van der Waals surface area contributed by atoms with Gasteiger partial charge in [-0.2, -0.15) is 0 Å². The fraction of sp³-hybridized carbons (Fsp3) is 0.462. The highest BCUT2D eigenvalue weighted by atomic mass is 19.1. The molecule has 35 heavy (non-hydrogen) atoms. The lowest BCUT2D eigenvalue weighted by atomic mass is 10.0. The molecule has 0 spiro atoms. The Morgan fingerprint density at radius 3 is 2.60 bits per heavy atom. The number of fused-ring (bicyclic) bond motifs is 1. The molecule has 2 aliphatic rings. The maximum atomic E-state index is 13.4. The van der Waals surface area contributed by atoms with Crippen LogP contribution in [0.15, 0.2) is 30.3 Å². The van der Waals surface area contributed by atoms with Crippen LogP contribution in [0, 0.1) is 19.7 Å². The molecule has 9 heteroatoms. The first-order valence-electron chi connectivity index (χ1n) is 12.0. The van der Waals surface area contributed by atoms with Crippen molar-refractivity contribution < 1.29 is 18.7 Å². The van der Waals surface area contributed by atoms with E-state index in [0.29, 0.717) is 43.9 Å². The number of halogens is 1. The van der Waals surface area contributed by atoms with E-state index in [0.717, 1.165) is 54.0 Å². The van der Waals surface area contributed by atoms with Gasteiger partial charge in [0.15, 0.2) is 5.82 Å². The van der Waals surface area contributed by atoms with E-state index in [4.69, 9.17) is 14.5 Å². The first-order valence-corrected chi connectivity index (χ1v) is 12.0. The highest BCUT2D eigenvalue weighted by Crippen LogP contribution is 2.32. The smallest absolute Gasteiger partial charge is 0.272 e. The Bertz CT molecular complexity index is 1210. The minimum absolute atomic E-state index is 0.0576. The zero-order valence-electron chi connectivity index (χ0n) is 20.5. The summed E-state index contributed by atoms with van der Waals surface area (Å²) in [7, 11) is 1.66. The summed E-state index contributed by atoms with van der Waals surface area (Å²) >= 11 is 0. The zero-order chi connectivity index (χ0) is 24.5. The Hall–Kier alpha value is -3.01. The molecule has 2 aromatic heterocycles. The standard InChI is InChI=1S/C26H32FN5O3/c1-17-18(2)32(16-34-3)24-22(17)12-23(29-25(24)28-13-19-4-6-20(27)7-5-19)26(33)31-14-21(15-31)30-8-10-35-11-9-30/h4-7,12,21H,8-11,13-16H2,1-3H3,(H,28,29). The molecule has 0 aliphatic carbocycles. The topological polar surface area (TPSA) is 71.9 Å². The Balaban J connectivity index is 1.43. The largest absolute Gasteiger partial charge is 0.379 e. The first kappa shape index (κ1) is 23.7. The summed E-state index contributed by atoms with van der Waals surface area (Å²) in [5.41, 5.74) is 4.41. The lowest BCUT2D eigenvalue weighted by molar-refractivity contribution is -0.0257. The van der Waals surface area contributed by atoms with Crippen LogP contribution >= 0.6 is 0 Å². The molecule has 0 saturated carbocycles. The van der Waals surface area contributed by atoms with Crippen LogP contribution < -0.4 is 5.32 Å². The number of hydrogen-bond acceptors (Lipinski definition) is 6. The van der Waals surface area contributed by atoms with Gasteiger partial charge in [-0.05, 0) is 43.2 Å². The van der Waals surface area contributed by atoms with Gasteiger partial charge >= 0.3 is 0 Å². The van der Waals surface area contributed by atoms with Gasteiger partial charge in [0.2, 0.25) is 0 Å². The number of carbonyl (C=O) groups is 1. The lowest BCUT2D eigenvalue weighted by Gasteiger charge is -2.46. The summed E-state index contributed by atoms with van der Waals surface area (Å²) in [4.78, 5) is 22.5. The second-order valence-corrected chi connectivity index (χ2v) is 9.30. The molecular weight excluding hydrogens is 449 g/mol. The number of nitrogens with zero attached hydrogens (tertiary/aromatic N) is 4. The number of pyridine rings is 1. The molecule has 186 valence electrons. The number of likely N-dealkylation sites (tertiary alicyclic amines) is 1. The Kier molecular flexibility index (Phi) is 6.73. The van der Waals surface area contributed by atoms with Crippen molar-refractivity contribution in [1.82, 2.24) is 19.4 Å². The fourth-order valence-electron chi connectivity index (χ4n) is 4.93. The Labute approximate surface area is 204 Å². The summed E-state index contributed by atoms with van der Waals surface area (Å²) in [5.74, 6) is 0.290. The quantitative estimate of drug-likeness (QED) is 0.559. The number of ether oxygens (including phenoxy) is 2. The molecule has 2 fully saturated rings. The predicted molar refractivity (Wildman–Crippen MR) is 132 cm³/mol. The minimum Gasteiger partial charge on any atom is -0.379 e. The van der Waals surface area contributed by atoms with Gasteiger partial charge < -0.3 is 24.3 Å². The average molecular weight is 482 g/mol. The van der Waals surface area contributed by atoms with Crippen molar-refractivity contribution in [3.05, 3.63) is 58.7 Å². The minimum atomic E-state index is -0.271. The molecule has 5 rings (SSSR count). The molecule has 3 aromatic rings. The number of nitrogens with one attached hydrogen (secondary N) is 1. The van der Waals surface area contributed by atoms with Crippen LogP contribution in [-0.2, 0) is 22.7 Å². The van der Waals surface area contributed by atoms with Crippen LogP contribution in [0.25, 0.3) is 10.9 Å². The van der Waals surface area contributed by atoms with Gasteiger partial charge in [-0.1, -0.05) is 12.1 Å². The molecule has 0 bridgehead atoms. The molecular formula is C26H32FN5O3. The highest BCUT2D eigenvalue weighted by molar-refractivity contribution is 6.01. The van der Waals surface area contributed by atoms with Gasteiger partial charge in [0.05, 0.1) is 18.7 Å². The van der Waals surface area contributed by atoms with E-state index in [1.807, 2.05) is 17.9 Å². The molecule has 2 aliphatic heterocycles. The number of morpholine rings is 1. The van der Waals surface area contributed by atoms with E-state index in [-0.39, 0.29) is 11.7 Å². The van der Waals surface area contributed by atoms with Crippen molar-refractivity contribution >= 4 is 22.6 Å². The summed E-state index contributed by atoms with van der Waals surface area (Å²) in [6, 6.07) is 8.65. The summed E-state index contributed by atoms with van der Waals surface area (Å²) < 4.78 is 26.3. The first-order chi connectivity index (χ1) is 17.0. The molecule has 1 amide bonds. The third kappa shape index (κ3) is 4.63. The van der Waals surface area contributed by atoms with Gasteiger partial charge in [0.1, 0.15) is 18.2 Å². The van der Waals surface area contributed by atoms with Crippen molar-refractivity contribution in [2.24, 2.45) is 0 Å². The third-order valence-corrected chi connectivity index (χ3v) is 7.18. The zero-order valence-corrected chi connectivity index (χ0v) is 20.5. The number of aromatic nitrogens is 2. The van der Waals surface area contributed by atoms with Crippen LogP contribution in [0.2, 0.25) is 0 Å². The van der Waals surface area contributed by atoms with E-state index in [1.165, 1.54) is 12.1 Å². The van der Waals surface area contributed by atoms with Crippen molar-refractivity contribution in [1.29, 1.82) is 0 Å². The van der Waals surface area contributed by atoms with Gasteiger partial charge in [-0.15, -0.1) is 0 Å². The summed E-state index contributed by atoms with van der Waals surface area (Å²) in [5, 5.41) is 4.37. The normalized spacial score (nSPS) is 17.1. The van der Waals surface area contributed by atoms with Crippen molar-refractivity contribution in [3.63, 3.8) is 0 Å². The SMILES string of the molecule is COCn1c(C)c(C)c2cc(C(=O)N3CC(N4CCOCC4)C3)nc(NCc3ccc(F)cc3)c21. The number of benzene rings is 1. The maximum absolute atomic E-state index is 13.4. The Morgan fingerprint density at radius 1 is 1.20 bits per heavy atom. The molecule has 0 atom stereocenters. The molecule has 1 aromatic carbocycles. The third-order valence-electron chi connectivity index (χ3n) is 7.18. The molecule has 4 heterocycles. The Morgan fingerprint density at radius 2 is 1.91 bits per heavy atom. The molecule has 1 N–H and O–H groups in total. The van der Waals surface area contributed by atoms with E-state index in [1.54, 1.807) is 19.2 Å². The number of methoxy groups -OCH3 is 1. The van der Waals surface area contributed by atoms with Gasteiger partial charge in [0, 0.05) is 57.0 Å². The van der Waals surface area contributed by atoms with Crippen molar-refractivity contribution in [2.75, 3.05) is 51.8 Å². The van der Waals surface area contributed by atoms with Crippen LogP contribution in [0.4, 0.5) is 10.2 Å². The van der Waals surface area contributed by atoms with E-state index < -0.39 is 0 Å². The monoisotopic (exact) mass is 481 g/mol. The number of hydrogen-bond donors (Lipinski definition) is 1. The molecule has 2 saturated heterocycles. The van der Waals surface area contributed by atoms with E-state index in [2.05, 4.69) is 21.7 Å². The number of aryl methyl sites for hydroxylation is 1. The van der Waals surface area contributed by atoms with E-state index in [9.17, 15) is 9.18 Å². The van der Waals surface area contributed by atoms with Gasteiger partial charge in [-0.25, -0.2) is 9.37 Å². The average Bonchev–Trinajstić information content (AvgIpc) is 3.08. The van der Waals surface area contributed by atoms with Crippen LogP contribution in [0.3, 0.4) is 0 Å². The number of carbonyl (C=O) groups excluding carboxylic acids is 1. The maximum Gasteiger partial charge on any atom is 0.272 e. The number of anilines is 1. The second kappa shape index (κ2) is 9.93. The summed E-state index contributed by atoms with van der Waals surface area (Å²) in [6.07, 6.45) is 0. The van der Waals surface area contributed by atoms with Gasteiger partial charge in [0.25, 0.3) is 5.91 Å². The highest BCUT2D eigenvalue weighted by Gasteiger charge is 2.36. The van der Waals surface area contributed by atoms with Crippen LogP contribution in [0.1, 0.15) is 27.3 Å². The number of rotatable bonds is 7. The van der Waals surface area contributed by atoms with Crippen molar-refractivity contribution in [3.8, 4) is 0 Å². The van der Waals surface area contributed by atoms with Crippen molar-refractivity contribution in [2.45, 2.75) is 33.2 Å². The molecule has 0 unspecified atom stereocenters. The molecule has 8 nitrogen and oxygen atoms in total. The van der Waals surface area contributed by atoms with Gasteiger partial charge in [-0.3, -0.25) is 9.69 Å². The second-order valence-electron chi connectivity index (χ2n) is 9.30. The van der Waals surface area contributed by atoms with Crippen LogP contribution in [-0.4, -0.2) is 77.8 Å². The summed E-state index contributed by atoms with van der Waals surface area (Å²) in [6.45, 7) is 9.69. The predicted octanol–water partition coefficient (Wildman–Crippen LogP) is 3.16.